The molecule has 0 spiro atoms. The minimum absolute atomic E-state index is 0.600. The molecule has 1 aromatic carbocycles. The molecule has 1 aromatic heterocycles. The van der Waals surface area contributed by atoms with E-state index in [1.54, 1.807) is 7.11 Å². The zero-order chi connectivity index (χ0) is 14.4. The highest BCUT2D eigenvalue weighted by Gasteiger charge is 2.11. The van der Waals surface area contributed by atoms with Crippen molar-refractivity contribution >= 4 is 0 Å². The van der Waals surface area contributed by atoms with Crippen molar-refractivity contribution in [1.29, 1.82) is 0 Å². The summed E-state index contributed by atoms with van der Waals surface area (Å²) in [6, 6.07) is 7.65. The summed E-state index contributed by atoms with van der Waals surface area (Å²) in [6.07, 6.45) is 2.36. The molecule has 0 atom stereocenters. The lowest BCUT2D eigenvalue weighted by atomic mass is 10.2. The molecule has 0 aliphatic rings. The van der Waals surface area contributed by atoms with Crippen LogP contribution in [0.5, 0.6) is 5.75 Å². The van der Waals surface area contributed by atoms with Crippen molar-refractivity contribution in [2.75, 3.05) is 20.7 Å². The fourth-order valence-electron chi connectivity index (χ4n) is 1.94. The van der Waals surface area contributed by atoms with E-state index in [0.29, 0.717) is 18.3 Å². The molecule has 0 amide bonds. The number of hydrogen-bond donors (Lipinski definition) is 0. The zero-order valence-electron chi connectivity index (χ0n) is 12.3. The zero-order valence-corrected chi connectivity index (χ0v) is 12.3. The molecule has 0 unspecified atom stereocenters. The van der Waals surface area contributed by atoms with Crippen molar-refractivity contribution in [1.82, 2.24) is 15.0 Å². The van der Waals surface area contributed by atoms with Gasteiger partial charge in [-0.2, -0.15) is 4.98 Å². The van der Waals surface area contributed by atoms with E-state index in [1.165, 1.54) is 12.8 Å². The maximum atomic E-state index is 5.30. The molecule has 108 valence electrons. The molecule has 0 saturated carbocycles. The summed E-state index contributed by atoms with van der Waals surface area (Å²) < 4.78 is 10.5. The van der Waals surface area contributed by atoms with Gasteiger partial charge in [-0.3, -0.25) is 4.90 Å². The number of methoxy groups -OCH3 is 1. The average molecular weight is 275 g/mol. The normalized spacial score (nSPS) is 11.0. The van der Waals surface area contributed by atoms with Crippen LogP contribution in [0.1, 0.15) is 25.7 Å². The third-order valence-electron chi connectivity index (χ3n) is 3.09. The molecule has 2 rings (SSSR count). The number of aromatic nitrogens is 2. The van der Waals surface area contributed by atoms with Crippen LogP contribution in [0.25, 0.3) is 11.4 Å². The molecule has 0 fully saturated rings. The molecule has 20 heavy (non-hydrogen) atoms. The van der Waals surface area contributed by atoms with E-state index >= 15 is 0 Å². The van der Waals surface area contributed by atoms with Crippen LogP contribution >= 0.6 is 0 Å². The maximum absolute atomic E-state index is 5.30. The second kappa shape index (κ2) is 7.05. The number of hydrogen-bond acceptors (Lipinski definition) is 5. The number of benzene rings is 1. The van der Waals surface area contributed by atoms with E-state index < -0.39 is 0 Å². The number of ether oxygens (including phenoxy) is 1. The predicted molar refractivity (Wildman–Crippen MR) is 77.5 cm³/mol. The Bertz CT molecular complexity index is 539. The van der Waals surface area contributed by atoms with Gasteiger partial charge in [0.05, 0.1) is 13.7 Å². The molecule has 1 heterocycles. The summed E-state index contributed by atoms with van der Waals surface area (Å²) >= 11 is 0. The first kappa shape index (κ1) is 14.5. The minimum atomic E-state index is 0.600. The van der Waals surface area contributed by atoms with Crippen molar-refractivity contribution < 1.29 is 9.26 Å². The predicted octanol–water partition coefficient (Wildman–Crippen LogP) is 2.98. The van der Waals surface area contributed by atoms with Crippen LogP contribution < -0.4 is 4.74 Å². The Morgan fingerprint density at radius 2 is 2.20 bits per heavy atom. The van der Waals surface area contributed by atoms with Crippen LogP contribution in [0.15, 0.2) is 28.8 Å². The van der Waals surface area contributed by atoms with Crippen LogP contribution in [0.3, 0.4) is 0 Å². The Hall–Kier alpha value is -1.88. The van der Waals surface area contributed by atoms with Crippen molar-refractivity contribution in [2.24, 2.45) is 0 Å². The summed E-state index contributed by atoms with van der Waals surface area (Å²) in [7, 11) is 3.70. The lowest BCUT2D eigenvalue weighted by Crippen LogP contribution is -2.19. The lowest BCUT2D eigenvalue weighted by Gasteiger charge is -2.12. The number of nitrogens with zero attached hydrogens (tertiary/aromatic N) is 3. The molecule has 2 aromatic rings. The Morgan fingerprint density at radius 1 is 1.35 bits per heavy atom. The van der Waals surface area contributed by atoms with Gasteiger partial charge in [-0.1, -0.05) is 30.6 Å². The second-order valence-corrected chi connectivity index (χ2v) is 4.84. The molecule has 0 bridgehead atoms. The Balaban J connectivity index is 2.04. The van der Waals surface area contributed by atoms with Gasteiger partial charge in [0, 0.05) is 5.56 Å². The Kier molecular flexibility index (Phi) is 5.12. The van der Waals surface area contributed by atoms with E-state index in [1.807, 2.05) is 24.3 Å². The fraction of sp³-hybridized carbons (Fsp3) is 0.467. The molecule has 0 aliphatic carbocycles. The van der Waals surface area contributed by atoms with Crippen molar-refractivity contribution in [3.8, 4) is 17.1 Å². The summed E-state index contributed by atoms with van der Waals surface area (Å²) in [5.74, 6) is 2.03. The van der Waals surface area contributed by atoms with Gasteiger partial charge in [0.25, 0.3) is 0 Å². The van der Waals surface area contributed by atoms with E-state index in [2.05, 4.69) is 29.0 Å². The first-order valence-electron chi connectivity index (χ1n) is 6.88. The number of unbranched alkanes of at least 4 members (excludes halogenated alkanes) is 1. The first-order chi connectivity index (χ1) is 9.72. The lowest BCUT2D eigenvalue weighted by molar-refractivity contribution is 0.264. The average Bonchev–Trinajstić information content (AvgIpc) is 2.93. The molecule has 0 aliphatic heterocycles. The maximum Gasteiger partial charge on any atom is 0.241 e. The van der Waals surface area contributed by atoms with Gasteiger partial charge in [0.15, 0.2) is 0 Å². The summed E-state index contributed by atoms with van der Waals surface area (Å²) in [4.78, 5) is 6.62. The third-order valence-corrected chi connectivity index (χ3v) is 3.09. The van der Waals surface area contributed by atoms with Gasteiger partial charge in [0.1, 0.15) is 5.75 Å². The van der Waals surface area contributed by atoms with Gasteiger partial charge in [-0.25, -0.2) is 0 Å². The van der Waals surface area contributed by atoms with Crippen LogP contribution in [-0.2, 0) is 6.54 Å². The minimum Gasteiger partial charge on any atom is -0.497 e. The van der Waals surface area contributed by atoms with Crippen molar-refractivity contribution in [3.05, 3.63) is 30.2 Å². The van der Waals surface area contributed by atoms with Crippen LogP contribution in [-0.4, -0.2) is 35.7 Å². The van der Waals surface area contributed by atoms with Gasteiger partial charge in [-0.15, -0.1) is 0 Å². The summed E-state index contributed by atoms with van der Waals surface area (Å²) in [5, 5.41) is 4.03. The molecule has 0 N–H and O–H groups in total. The first-order valence-corrected chi connectivity index (χ1v) is 6.88. The topological polar surface area (TPSA) is 51.4 Å². The van der Waals surface area contributed by atoms with Gasteiger partial charge < -0.3 is 9.26 Å². The molecule has 5 nitrogen and oxygen atoms in total. The number of rotatable bonds is 7. The van der Waals surface area contributed by atoms with Crippen LogP contribution in [0.4, 0.5) is 0 Å². The van der Waals surface area contributed by atoms with Crippen molar-refractivity contribution in [2.45, 2.75) is 26.3 Å². The van der Waals surface area contributed by atoms with E-state index in [-0.39, 0.29) is 0 Å². The molecule has 5 heteroatoms. The van der Waals surface area contributed by atoms with E-state index in [4.69, 9.17) is 9.26 Å². The SMILES string of the molecule is CCCCN(C)Cc1nc(-c2cccc(OC)c2)no1. The van der Waals surface area contributed by atoms with Crippen LogP contribution in [0.2, 0.25) is 0 Å². The van der Waals surface area contributed by atoms with Crippen LogP contribution in [0, 0.1) is 0 Å². The monoisotopic (exact) mass is 275 g/mol. The second-order valence-electron chi connectivity index (χ2n) is 4.84. The Labute approximate surface area is 119 Å². The molecule has 0 saturated heterocycles. The fourth-order valence-corrected chi connectivity index (χ4v) is 1.94. The largest absolute Gasteiger partial charge is 0.497 e. The van der Waals surface area contributed by atoms with Crippen molar-refractivity contribution in [3.63, 3.8) is 0 Å². The van der Waals surface area contributed by atoms with Gasteiger partial charge >= 0.3 is 0 Å². The smallest absolute Gasteiger partial charge is 0.241 e. The standard InChI is InChI=1S/C15H21N3O2/c1-4-5-9-18(2)11-14-16-15(17-20-14)12-7-6-8-13(10-12)19-3/h6-8,10H,4-5,9,11H2,1-3H3. The highest BCUT2D eigenvalue weighted by atomic mass is 16.5. The molecular formula is C15H21N3O2. The molecule has 0 radical (unpaired) electrons. The highest BCUT2D eigenvalue weighted by Crippen LogP contribution is 2.21. The third kappa shape index (κ3) is 3.81. The van der Waals surface area contributed by atoms with Gasteiger partial charge in [0.2, 0.25) is 11.7 Å². The van der Waals surface area contributed by atoms with Gasteiger partial charge in [-0.05, 0) is 32.1 Å². The highest BCUT2D eigenvalue weighted by molar-refractivity contribution is 5.56. The van der Waals surface area contributed by atoms with E-state index in [0.717, 1.165) is 17.9 Å². The molecular weight excluding hydrogens is 254 g/mol. The Morgan fingerprint density at radius 3 is 2.95 bits per heavy atom. The summed E-state index contributed by atoms with van der Waals surface area (Å²) in [6.45, 7) is 3.89. The van der Waals surface area contributed by atoms with E-state index in [9.17, 15) is 0 Å². The summed E-state index contributed by atoms with van der Waals surface area (Å²) in [5.41, 5.74) is 0.899. The quantitative estimate of drug-likeness (QED) is 0.777.